The van der Waals surface area contributed by atoms with Gasteiger partial charge in [0.2, 0.25) is 0 Å². The number of carbonyl (C=O) groups excluding carboxylic acids is 1. The normalized spacial score (nSPS) is 15.4. The summed E-state index contributed by atoms with van der Waals surface area (Å²) in [6.45, 7) is 0. The van der Waals surface area contributed by atoms with Gasteiger partial charge in [-0.25, -0.2) is 0 Å². The van der Waals surface area contributed by atoms with Crippen molar-refractivity contribution in [3.05, 3.63) is 102 Å². The number of hydrogen-bond acceptors (Lipinski definition) is 2. The van der Waals surface area contributed by atoms with Gasteiger partial charge in [0.1, 0.15) is 5.41 Å². The molecular formula is C21H17NO2. The molecule has 0 aromatic heterocycles. The van der Waals surface area contributed by atoms with Crippen molar-refractivity contribution in [2.24, 2.45) is 0 Å². The average Bonchev–Trinajstić information content (AvgIpc) is 2.91. The summed E-state index contributed by atoms with van der Waals surface area (Å²) in [4.78, 5) is 18.9. The minimum Gasteiger partial charge on any atom is -0.270 e. The smallest absolute Gasteiger partial charge is 0.270 e. The molecule has 3 aromatic rings. The molecule has 0 fully saturated rings. The van der Waals surface area contributed by atoms with Gasteiger partial charge in [0.05, 0.1) is 12.8 Å². The highest BCUT2D eigenvalue weighted by Gasteiger charge is 2.53. The van der Waals surface area contributed by atoms with E-state index >= 15 is 0 Å². The number of para-hydroxylation sites is 1. The van der Waals surface area contributed by atoms with Crippen LogP contribution in [0.3, 0.4) is 0 Å². The van der Waals surface area contributed by atoms with E-state index in [0.29, 0.717) is 0 Å². The second-order valence-corrected chi connectivity index (χ2v) is 5.78. The summed E-state index contributed by atoms with van der Waals surface area (Å²) in [6, 6.07) is 27.6. The molecule has 3 heteroatoms. The highest BCUT2D eigenvalue weighted by atomic mass is 16.7. The molecule has 0 N–H and O–H groups in total. The van der Waals surface area contributed by atoms with Gasteiger partial charge in [-0.3, -0.25) is 9.63 Å². The molecule has 0 unspecified atom stereocenters. The number of hydroxylamine groups is 1. The number of hydrogen-bond donors (Lipinski definition) is 0. The van der Waals surface area contributed by atoms with Gasteiger partial charge in [0, 0.05) is 5.56 Å². The molecular weight excluding hydrogens is 298 g/mol. The van der Waals surface area contributed by atoms with Crippen molar-refractivity contribution < 1.29 is 9.63 Å². The largest absolute Gasteiger partial charge is 0.270 e. The SMILES string of the molecule is CON1C(=O)C(c2ccccc2)(c2ccccc2)c2ccccc21. The van der Waals surface area contributed by atoms with Crippen molar-refractivity contribution in [3.8, 4) is 0 Å². The Morgan fingerprint density at radius 2 is 1.25 bits per heavy atom. The summed E-state index contributed by atoms with van der Waals surface area (Å²) in [5.74, 6) is -0.0939. The predicted octanol–water partition coefficient (Wildman–Crippen LogP) is 3.93. The van der Waals surface area contributed by atoms with Gasteiger partial charge >= 0.3 is 0 Å². The summed E-state index contributed by atoms with van der Waals surface area (Å²) in [5.41, 5.74) is 2.71. The molecule has 3 aromatic carbocycles. The van der Waals surface area contributed by atoms with Crippen LogP contribution >= 0.6 is 0 Å². The second-order valence-electron chi connectivity index (χ2n) is 5.78. The second kappa shape index (κ2) is 5.62. The Hall–Kier alpha value is -2.91. The lowest BCUT2D eigenvalue weighted by atomic mass is 9.70. The van der Waals surface area contributed by atoms with Crippen LogP contribution in [0.25, 0.3) is 0 Å². The fourth-order valence-electron chi connectivity index (χ4n) is 3.63. The number of nitrogens with zero attached hydrogens (tertiary/aromatic N) is 1. The lowest BCUT2D eigenvalue weighted by Crippen LogP contribution is -2.41. The predicted molar refractivity (Wildman–Crippen MR) is 93.7 cm³/mol. The third kappa shape index (κ3) is 1.85. The van der Waals surface area contributed by atoms with E-state index in [2.05, 4.69) is 0 Å². The molecule has 1 aliphatic rings. The van der Waals surface area contributed by atoms with Crippen molar-refractivity contribution in [2.75, 3.05) is 12.2 Å². The van der Waals surface area contributed by atoms with Gasteiger partial charge in [-0.15, -0.1) is 0 Å². The highest BCUT2D eigenvalue weighted by molar-refractivity contribution is 6.11. The van der Waals surface area contributed by atoms with Crippen LogP contribution in [0.2, 0.25) is 0 Å². The summed E-state index contributed by atoms with van der Waals surface area (Å²) in [6.07, 6.45) is 0. The van der Waals surface area contributed by atoms with E-state index in [0.717, 1.165) is 22.4 Å². The van der Waals surface area contributed by atoms with E-state index in [-0.39, 0.29) is 5.91 Å². The lowest BCUT2D eigenvalue weighted by Gasteiger charge is -2.29. The molecule has 3 nitrogen and oxygen atoms in total. The summed E-state index contributed by atoms with van der Waals surface area (Å²) in [5, 5.41) is 1.40. The fraction of sp³-hybridized carbons (Fsp3) is 0.0952. The molecule has 0 radical (unpaired) electrons. The number of benzene rings is 3. The first-order chi connectivity index (χ1) is 11.8. The van der Waals surface area contributed by atoms with Gasteiger partial charge in [-0.05, 0) is 17.2 Å². The quantitative estimate of drug-likeness (QED) is 0.733. The first-order valence-electron chi connectivity index (χ1n) is 7.89. The molecule has 24 heavy (non-hydrogen) atoms. The van der Waals surface area contributed by atoms with E-state index in [9.17, 15) is 4.79 Å². The Morgan fingerprint density at radius 1 is 0.750 bits per heavy atom. The Kier molecular flexibility index (Phi) is 3.44. The molecule has 0 aliphatic carbocycles. The van der Waals surface area contributed by atoms with Gasteiger partial charge in [-0.2, -0.15) is 5.06 Å². The van der Waals surface area contributed by atoms with Crippen molar-refractivity contribution in [1.82, 2.24) is 0 Å². The molecule has 118 valence electrons. The Labute approximate surface area is 141 Å². The molecule has 4 rings (SSSR count). The van der Waals surface area contributed by atoms with E-state index in [1.807, 2.05) is 84.9 Å². The Bertz CT molecular complexity index is 835. The molecule has 1 heterocycles. The highest BCUT2D eigenvalue weighted by Crippen LogP contribution is 2.50. The zero-order chi connectivity index (χ0) is 16.6. The molecule has 1 amide bonds. The lowest BCUT2D eigenvalue weighted by molar-refractivity contribution is -0.126. The van der Waals surface area contributed by atoms with Crippen LogP contribution in [0.4, 0.5) is 5.69 Å². The molecule has 0 saturated carbocycles. The van der Waals surface area contributed by atoms with Gasteiger partial charge in [0.15, 0.2) is 0 Å². The van der Waals surface area contributed by atoms with Crippen LogP contribution in [-0.2, 0) is 15.0 Å². The summed E-state index contributed by atoms with van der Waals surface area (Å²) < 4.78 is 0. The number of amides is 1. The number of fused-ring (bicyclic) bond motifs is 1. The third-order valence-electron chi connectivity index (χ3n) is 4.63. The summed E-state index contributed by atoms with van der Waals surface area (Å²) in [7, 11) is 1.53. The maximum atomic E-state index is 13.5. The minimum atomic E-state index is -0.894. The fourth-order valence-corrected chi connectivity index (χ4v) is 3.63. The molecule has 0 spiro atoms. The first-order valence-corrected chi connectivity index (χ1v) is 7.89. The van der Waals surface area contributed by atoms with Crippen LogP contribution in [0, 0.1) is 0 Å². The standard InChI is InChI=1S/C21H17NO2/c1-24-22-19-15-9-8-14-18(19)21(20(22)23,16-10-4-2-5-11-16)17-12-6-3-7-13-17/h2-15H,1H3. The zero-order valence-electron chi connectivity index (χ0n) is 13.3. The summed E-state index contributed by atoms with van der Waals surface area (Å²) >= 11 is 0. The average molecular weight is 315 g/mol. The molecule has 0 atom stereocenters. The maximum Gasteiger partial charge on any atom is 0.270 e. The number of carbonyl (C=O) groups is 1. The first kappa shape index (κ1) is 14.7. The number of rotatable bonds is 3. The third-order valence-corrected chi connectivity index (χ3v) is 4.63. The zero-order valence-corrected chi connectivity index (χ0v) is 13.3. The van der Waals surface area contributed by atoms with E-state index in [1.54, 1.807) is 0 Å². The van der Waals surface area contributed by atoms with Crippen molar-refractivity contribution in [3.63, 3.8) is 0 Å². The maximum absolute atomic E-state index is 13.5. The Balaban J connectivity index is 2.11. The van der Waals surface area contributed by atoms with Gasteiger partial charge in [0.25, 0.3) is 5.91 Å². The van der Waals surface area contributed by atoms with Crippen molar-refractivity contribution in [2.45, 2.75) is 5.41 Å². The Morgan fingerprint density at radius 3 is 1.79 bits per heavy atom. The molecule has 0 saturated heterocycles. The van der Waals surface area contributed by atoms with Crippen molar-refractivity contribution in [1.29, 1.82) is 0 Å². The monoisotopic (exact) mass is 315 g/mol. The van der Waals surface area contributed by atoms with E-state index in [1.165, 1.54) is 12.2 Å². The van der Waals surface area contributed by atoms with Crippen LogP contribution in [0.5, 0.6) is 0 Å². The van der Waals surface area contributed by atoms with E-state index in [4.69, 9.17) is 4.84 Å². The van der Waals surface area contributed by atoms with E-state index < -0.39 is 5.41 Å². The van der Waals surface area contributed by atoms with Crippen LogP contribution in [0.15, 0.2) is 84.9 Å². The van der Waals surface area contributed by atoms with Crippen LogP contribution in [0.1, 0.15) is 16.7 Å². The van der Waals surface area contributed by atoms with Gasteiger partial charge < -0.3 is 0 Å². The molecule has 1 aliphatic heterocycles. The van der Waals surface area contributed by atoms with Crippen molar-refractivity contribution >= 4 is 11.6 Å². The topological polar surface area (TPSA) is 29.5 Å². The van der Waals surface area contributed by atoms with Crippen LogP contribution < -0.4 is 5.06 Å². The molecule has 0 bridgehead atoms. The van der Waals surface area contributed by atoms with Gasteiger partial charge in [-0.1, -0.05) is 78.9 Å². The van der Waals surface area contributed by atoms with Crippen LogP contribution in [-0.4, -0.2) is 13.0 Å². The number of anilines is 1. The minimum absolute atomic E-state index is 0.0939.